The Hall–Kier alpha value is -3.81. The smallest absolute Gasteiger partial charge is 0.322 e. The fourth-order valence-corrected chi connectivity index (χ4v) is 5.16. The van der Waals surface area contributed by atoms with Gasteiger partial charge in [0.15, 0.2) is 0 Å². The van der Waals surface area contributed by atoms with Crippen molar-refractivity contribution in [1.82, 2.24) is 20.4 Å². The fourth-order valence-electron chi connectivity index (χ4n) is 5.16. The maximum Gasteiger partial charge on any atom is 0.322 e. The molecule has 0 aliphatic carbocycles. The van der Waals surface area contributed by atoms with E-state index in [1.807, 2.05) is 75.4 Å². The number of rotatable bonds is 11. The van der Waals surface area contributed by atoms with Crippen LogP contribution in [0.25, 0.3) is 0 Å². The minimum absolute atomic E-state index is 0.144. The van der Waals surface area contributed by atoms with Gasteiger partial charge in [-0.3, -0.25) is 14.5 Å². The van der Waals surface area contributed by atoms with Crippen molar-refractivity contribution in [3.8, 4) is 11.5 Å². The minimum Gasteiger partial charge on any atom is -0.457 e. The van der Waals surface area contributed by atoms with Gasteiger partial charge in [-0.15, -0.1) is 0 Å². The first kappa shape index (κ1) is 28.2. The van der Waals surface area contributed by atoms with Crippen LogP contribution in [-0.2, 0) is 9.59 Å². The largest absolute Gasteiger partial charge is 0.457 e. The van der Waals surface area contributed by atoms with Crippen LogP contribution in [0, 0.1) is 11.8 Å². The van der Waals surface area contributed by atoms with Crippen LogP contribution in [0.15, 0.2) is 65.9 Å². The second kappa shape index (κ2) is 12.4. The summed E-state index contributed by atoms with van der Waals surface area (Å²) in [7, 11) is 0. The van der Waals surface area contributed by atoms with Crippen molar-refractivity contribution in [2.45, 2.75) is 59.5 Å². The molecule has 8 nitrogen and oxygen atoms in total. The van der Waals surface area contributed by atoms with Gasteiger partial charge in [0.1, 0.15) is 17.5 Å². The molecule has 4 amide bonds. The van der Waals surface area contributed by atoms with Gasteiger partial charge in [-0.25, -0.2) is 4.79 Å². The molecule has 2 aromatic rings. The molecule has 2 aliphatic rings. The van der Waals surface area contributed by atoms with Gasteiger partial charge in [0.2, 0.25) is 5.91 Å². The normalized spacial score (nSPS) is 18.0. The van der Waals surface area contributed by atoms with Gasteiger partial charge in [-0.05, 0) is 61.4 Å². The number of nitrogens with one attached hydrogen (secondary N) is 2. The average molecular weight is 533 g/mol. The van der Waals surface area contributed by atoms with Crippen LogP contribution < -0.4 is 15.4 Å². The van der Waals surface area contributed by atoms with Gasteiger partial charge >= 0.3 is 6.03 Å². The molecule has 0 spiro atoms. The maximum absolute atomic E-state index is 14.1. The van der Waals surface area contributed by atoms with E-state index in [1.165, 1.54) is 0 Å². The molecule has 0 saturated carbocycles. The van der Waals surface area contributed by atoms with Crippen LogP contribution in [0.4, 0.5) is 4.79 Å². The molecule has 2 aromatic carbocycles. The molecule has 0 unspecified atom stereocenters. The highest BCUT2D eigenvalue weighted by atomic mass is 16.5. The molecular weight excluding hydrogens is 492 g/mol. The lowest BCUT2D eigenvalue weighted by Gasteiger charge is -2.33. The van der Waals surface area contributed by atoms with Gasteiger partial charge < -0.3 is 20.3 Å². The highest BCUT2D eigenvalue weighted by Crippen LogP contribution is 2.38. The number of amides is 4. The van der Waals surface area contributed by atoms with Crippen LogP contribution in [0.5, 0.6) is 11.5 Å². The van der Waals surface area contributed by atoms with Crippen molar-refractivity contribution in [1.29, 1.82) is 0 Å². The summed E-state index contributed by atoms with van der Waals surface area (Å²) in [5.74, 6) is 1.62. The maximum atomic E-state index is 14.1. The zero-order chi connectivity index (χ0) is 28.1. The summed E-state index contributed by atoms with van der Waals surface area (Å²) in [5.41, 5.74) is 1.92. The Balaban J connectivity index is 1.64. The van der Waals surface area contributed by atoms with Gasteiger partial charge in [-0.2, -0.15) is 0 Å². The number of carbonyl (C=O) groups is 3. The first-order chi connectivity index (χ1) is 18.7. The zero-order valence-electron chi connectivity index (χ0n) is 23.6. The topological polar surface area (TPSA) is 91.0 Å². The summed E-state index contributed by atoms with van der Waals surface area (Å²) in [6.45, 7) is 11.4. The Bertz CT molecular complexity index is 1220. The number of hydrogen-bond acceptors (Lipinski definition) is 4. The zero-order valence-corrected chi connectivity index (χ0v) is 23.6. The number of ether oxygens (including phenoxy) is 1. The minimum atomic E-state index is -0.643. The quantitative estimate of drug-likeness (QED) is 0.414. The third kappa shape index (κ3) is 6.44. The Labute approximate surface area is 231 Å². The van der Waals surface area contributed by atoms with Crippen molar-refractivity contribution in [2.75, 3.05) is 19.6 Å². The molecule has 4 rings (SSSR count). The molecule has 208 valence electrons. The van der Waals surface area contributed by atoms with E-state index < -0.39 is 12.1 Å². The van der Waals surface area contributed by atoms with Crippen molar-refractivity contribution >= 4 is 17.8 Å². The molecule has 2 N–H and O–H groups in total. The number of urea groups is 1. The third-order valence-corrected chi connectivity index (χ3v) is 7.13. The van der Waals surface area contributed by atoms with E-state index in [4.69, 9.17) is 4.74 Å². The van der Waals surface area contributed by atoms with E-state index in [1.54, 1.807) is 9.80 Å². The first-order valence-corrected chi connectivity index (χ1v) is 13.9. The van der Waals surface area contributed by atoms with E-state index >= 15 is 0 Å². The second-order valence-electron chi connectivity index (χ2n) is 11.0. The SMILES string of the molecule is CCN1C(=O)N[C@H](c2cccc(Oc3ccccc3)c2)C2=C1CN([C@H](CC(C)C)C(=O)NCCC(C)C)C2=O. The summed E-state index contributed by atoms with van der Waals surface area (Å²) in [4.78, 5) is 43.8. The molecular formula is C31H40N4O4. The van der Waals surface area contributed by atoms with Gasteiger partial charge in [0.05, 0.1) is 23.9 Å². The standard InChI is InChI=1S/C31H40N4O4/c1-6-34-26-19-35(25(17-21(4)5)29(36)32-16-15-20(2)3)30(37)27(26)28(33-31(34)38)22-11-10-14-24(18-22)39-23-12-8-7-9-13-23/h7-14,18,20-21,25,28H,6,15-17,19H2,1-5H3,(H,32,36)(H,33,38)/t25-,28-/m1/s1. The number of likely N-dealkylation sites (N-methyl/N-ethyl adjacent to an activating group) is 1. The highest BCUT2D eigenvalue weighted by molar-refractivity contribution is 6.03. The van der Waals surface area contributed by atoms with Crippen LogP contribution in [0.3, 0.4) is 0 Å². The predicted octanol–water partition coefficient (Wildman–Crippen LogP) is 5.24. The molecule has 0 bridgehead atoms. The number of benzene rings is 2. The summed E-state index contributed by atoms with van der Waals surface area (Å²) < 4.78 is 6.02. The van der Waals surface area contributed by atoms with Crippen LogP contribution in [0.1, 0.15) is 59.1 Å². The molecule has 2 atom stereocenters. The first-order valence-electron chi connectivity index (χ1n) is 13.9. The fraction of sp³-hybridized carbons (Fsp3) is 0.452. The lowest BCUT2D eigenvalue weighted by atomic mass is 9.95. The average Bonchev–Trinajstić information content (AvgIpc) is 3.23. The van der Waals surface area contributed by atoms with Gasteiger partial charge in [0, 0.05) is 13.1 Å². The van der Waals surface area contributed by atoms with E-state index in [0.717, 1.165) is 12.0 Å². The van der Waals surface area contributed by atoms with Crippen molar-refractivity contribution in [3.63, 3.8) is 0 Å². The van der Waals surface area contributed by atoms with Crippen molar-refractivity contribution in [3.05, 3.63) is 71.4 Å². The van der Waals surface area contributed by atoms with Gasteiger partial charge in [0.25, 0.3) is 5.91 Å². The molecule has 2 heterocycles. The van der Waals surface area contributed by atoms with E-state index in [2.05, 4.69) is 24.5 Å². The third-order valence-electron chi connectivity index (χ3n) is 7.13. The monoisotopic (exact) mass is 532 g/mol. The molecule has 0 radical (unpaired) electrons. The Morgan fingerprint density at radius 1 is 1.03 bits per heavy atom. The summed E-state index contributed by atoms with van der Waals surface area (Å²) in [6, 6.07) is 15.4. The van der Waals surface area contributed by atoms with Crippen LogP contribution in [-0.4, -0.2) is 53.3 Å². The van der Waals surface area contributed by atoms with Crippen LogP contribution >= 0.6 is 0 Å². The number of carbonyl (C=O) groups excluding carboxylic acids is 3. The molecule has 39 heavy (non-hydrogen) atoms. The number of para-hydroxylation sites is 1. The summed E-state index contributed by atoms with van der Waals surface area (Å²) in [6.07, 6.45) is 1.41. The second-order valence-corrected chi connectivity index (χ2v) is 11.0. The number of nitrogens with zero attached hydrogens (tertiary/aromatic N) is 2. The highest BCUT2D eigenvalue weighted by Gasteiger charge is 2.46. The van der Waals surface area contributed by atoms with E-state index in [-0.39, 0.29) is 30.3 Å². The van der Waals surface area contributed by atoms with Gasteiger partial charge in [-0.1, -0.05) is 58.0 Å². The molecule has 0 aromatic heterocycles. The van der Waals surface area contributed by atoms with Crippen molar-refractivity contribution in [2.24, 2.45) is 11.8 Å². The lowest BCUT2D eigenvalue weighted by molar-refractivity contribution is -0.137. The van der Waals surface area contributed by atoms with Crippen LogP contribution in [0.2, 0.25) is 0 Å². The Kier molecular flexibility index (Phi) is 8.94. The summed E-state index contributed by atoms with van der Waals surface area (Å²) >= 11 is 0. The Morgan fingerprint density at radius 2 is 1.74 bits per heavy atom. The van der Waals surface area contributed by atoms with E-state index in [0.29, 0.717) is 48.2 Å². The molecule has 2 aliphatic heterocycles. The molecule has 8 heteroatoms. The Morgan fingerprint density at radius 3 is 2.41 bits per heavy atom. The predicted molar refractivity (Wildman–Crippen MR) is 151 cm³/mol. The van der Waals surface area contributed by atoms with E-state index in [9.17, 15) is 14.4 Å². The number of hydrogen-bond donors (Lipinski definition) is 2. The lowest BCUT2D eigenvalue weighted by Crippen LogP contribution is -2.49. The summed E-state index contributed by atoms with van der Waals surface area (Å²) in [5, 5.41) is 6.07. The van der Waals surface area contributed by atoms with Crippen molar-refractivity contribution < 1.29 is 19.1 Å². The molecule has 0 fully saturated rings. The molecule has 0 saturated heterocycles.